The average molecular weight is 191 g/mol. The molecule has 0 aliphatic carbocycles. The minimum atomic E-state index is 0.976. The molecule has 0 saturated heterocycles. The Labute approximate surface area is 83.2 Å². The van der Waals surface area contributed by atoms with Gasteiger partial charge >= 0.3 is 0 Å². The van der Waals surface area contributed by atoms with Crippen LogP contribution in [-0.4, -0.2) is 6.26 Å². The highest BCUT2D eigenvalue weighted by Gasteiger charge is 2.14. The summed E-state index contributed by atoms with van der Waals surface area (Å²) in [5.74, 6) is 0. The van der Waals surface area contributed by atoms with E-state index in [0.717, 1.165) is 6.54 Å². The first-order valence-electron chi connectivity index (χ1n) is 4.42. The van der Waals surface area contributed by atoms with Crippen molar-refractivity contribution < 1.29 is 0 Å². The van der Waals surface area contributed by atoms with Gasteiger partial charge in [0.1, 0.15) is 0 Å². The van der Waals surface area contributed by atoms with Crippen LogP contribution >= 0.6 is 11.8 Å². The zero-order valence-corrected chi connectivity index (χ0v) is 8.74. The van der Waals surface area contributed by atoms with Crippen LogP contribution in [0.3, 0.4) is 0 Å². The lowest BCUT2D eigenvalue weighted by Crippen LogP contribution is -1.99. The van der Waals surface area contributed by atoms with Crippen molar-refractivity contribution in [2.24, 2.45) is 0 Å². The summed E-state index contributed by atoms with van der Waals surface area (Å²) in [4.78, 5) is 1.34. The SMILES string of the molecule is C/C=C1/NCc2ccc(SC)cc21. The molecule has 1 heterocycles. The Morgan fingerprint density at radius 2 is 2.31 bits per heavy atom. The fraction of sp³-hybridized carbons (Fsp3) is 0.273. The van der Waals surface area contributed by atoms with Crippen molar-refractivity contribution in [3.8, 4) is 0 Å². The van der Waals surface area contributed by atoms with Crippen molar-refractivity contribution in [2.45, 2.75) is 18.4 Å². The average Bonchev–Trinajstić information content (AvgIpc) is 2.59. The van der Waals surface area contributed by atoms with E-state index in [0.29, 0.717) is 0 Å². The molecule has 1 nitrogen and oxygen atoms in total. The van der Waals surface area contributed by atoms with E-state index in [1.165, 1.54) is 21.7 Å². The highest BCUT2D eigenvalue weighted by Crippen LogP contribution is 2.28. The van der Waals surface area contributed by atoms with Crippen LogP contribution in [0, 0.1) is 0 Å². The van der Waals surface area contributed by atoms with Gasteiger partial charge in [0.15, 0.2) is 0 Å². The fourth-order valence-electron chi connectivity index (χ4n) is 1.63. The number of nitrogens with one attached hydrogen (secondary N) is 1. The highest BCUT2D eigenvalue weighted by atomic mass is 32.2. The molecule has 0 saturated carbocycles. The van der Waals surface area contributed by atoms with Crippen molar-refractivity contribution in [3.05, 3.63) is 35.4 Å². The number of hydrogen-bond acceptors (Lipinski definition) is 2. The first-order chi connectivity index (χ1) is 6.35. The lowest BCUT2D eigenvalue weighted by Gasteiger charge is -2.01. The van der Waals surface area contributed by atoms with E-state index in [-0.39, 0.29) is 0 Å². The third-order valence-corrected chi connectivity index (χ3v) is 3.09. The first-order valence-corrected chi connectivity index (χ1v) is 5.65. The summed E-state index contributed by atoms with van der Waals surface area (Å²) in [7, 11) is 0. The summed E-state index contributed by atoms with van der Waals surface area (Å²) in [5, 5.41) is 3.37. The van der Waals surface area contributed by atoms with Crippen molar-refractivity contribution in [2.75, 3.05) is 6.26 Å². The smallest absolute Gasteiger partial charge is 0.0407 e. The quantitative estimate of drug-likeness (QED) is 0.685. The zero-order chi connectivity index (χ0) is 9.26. The molecule has 68 valence electrons. The fourth-order valence-corrected chi connectivity index (χ4v) is 2.07. The second-order valence-electron chi connectivity index (χ2n) is 3.08. The maximum atomic E-state index is 3.37. The minimum Gasteiger partial charge on any atom is -0.381 e. The second kappa shape index (κ2) is 3.46. The summed E-state index contributed by atoms with van der Waals surface area (Å²) < 4.78 is 0. The lowest BCUT2D eigenvalue weighted by molar-refractivity contribution is 0.942. The molecule has 0 radical (unpaired) electrons. The largest absolute Gasteiger partial charge is 0.381 e. The molecule has 1 aliphatic rings. The monoisotopic (exact) mass is 191 g/mol. The Bertz CT molecular complexity index is 355. The molecule has 1 aliphatic heterocycles. The molecule has 1 N–H and O–H groups in total. The third kappa shape index (κ3) is 1.46. The third-order valence-electron chi connectivity index (χ3n) is 2.37. The van der Waals surface area contributed by atoms with E-state index < -0.39 is 0 Å². The molecule has 0 bridgehead atoms. The van der Waals surface area contributed by atoms with Gasteiger partial charge in [-0.15, -0.1) is 11.8 Å². The summed E-state index contributed by atoms with van der Waals surface area (Å²) in [6.07, 6.45) is 4.25. The standard InChI is InChI=1S/C11H13NS/c1-3-11-10-6-9(13-2)5-4-8(10)7-12-11/h3-6,12H,7H2,1-2H3/b11-3+. The lowest BCUT2D eigenvalue weighted by atomic mass is 10.1. The van der Waals surface area contributed by atoms with Crippen molar-refractivity contribution in [1.29, 1.82) is 0 Å². The van der Waals surface area contributed by atoms with E-state index in [1.54, 1.807) is 11.8 Å². The van der Waals surface area contributed by atoms with Crippen molar-refractivity contribution in [3.63, 3.8) is 0 Å². The number of allylic oxidation sites excluding steroid dienone is 1. The Morgan fingerprint density at radius 1 is 1.46 bits per heavy atom. The molecule has 2 heteroatoms. The maximum Gasteiger partial charge on any atom is 0.0407 e. The molecule has 0 fully saturated rings. The molecule has 2 rings (SSSR count). The van der Waals surface area contributed by atoms with Gasteiger partial charge in [-0.1, -0.05) is 12.1 Å². The van der Waals surface area contributed by atoms with Gasteiger partial charge < -0.3 is 5.32 Å². The van der Waals surface area contributed by atoms with Gasteiger partial charge in [0.2, 0.25) is 0 Å². The number of benzene rings is 1. The second-order valence-corrected chi connectivity index (χ2v) is 3.96. The molecule has 0 aromatic heterocycles. The summed E-state index contributed by atoms with van der Waals surface area (Å²) in [5.41, 5.74) is 4.05. The van der Waals surface area contributed by atoms with Gasteiger partial charge in [0, 0.05) is 22.7 Å². The van der Waals surface area contributed by atoms with Crippen LogP contribution in [0.2, 0.25) is 0 Å². The van der Waals surface area contributed by atoms with E-state index in [4.69, 9.17) is 0 Å². The Morgan fingerprint density at radius 3 is 3.00 bits per heavy atom. The van der Waals surface area contributed by atoms with Crippen LogP contribution in [0.25, 0.3) is 5.70 Å². The highest BCUT2D eigenvalue weighted by molar-refractivity contribution is 7.98. The van der Waals surface area contributed by atoms with E-state index in [1.807, 2.05) is 0 Å². The molecule has 13 heavy (non-hydrogen) atoms. The molecular weight excluding hydrogens is 178 g/mol. The van der Waals surface area contributed by atoms with Gasteiger partial charge in [-0.25, -0.2) is 0 Å². The van der Waals surface area contributed by atoms with Crippen LogP contribution < -0.4 is 5.32 Å². The molecule has 1 aromatic carbocycles. The van der Waals surface area contributed by atoms with E-state index in [9.17, 15) is 0 Å². The Hall–Kier alpha value is -0.890. The van der Waals surface area contributed by atoms with Crippen molar-refractivity contribution >= 4 is 17.5 Å². The number of rotatable bonds is 1. The molecule has 0 atom stereocenters. The molecular formula is C11H13NS. The predicted octanol–water partition coefficient (Wildman–Crippen LogP) is 2.87. The summed E-state index contributed by atoms with van der Waals surface area (Å²) >= 11 is 1.79. The van der Waals surface area contributed by atoms with Gasteiger partial charge in [-0.3, -0.25) is 0 Å². The van der Waals surface area contributed by atoms with Crippen LogP contribution in [0.4, 0.5) is 0 Å². The topological polar surface area (TPSA) is 12.0 Å². The zero-order valence-electron chi connectivity index (χ0n) is 7.92. The molecule has 0 unspecified atom stereocenters. The van der Waals surface area contributed by atoms with Crippen LogP contribution in [-0.2, 0) is 6.54 Å². The molecule has 0 spiro atoms. The van der Waals surface area contributed by atoms with Crippen LogP contribution in [0.5, 0.6) is 0 Å². The Kier molecular flexibility index (Phi) is 2.32. The van der Waals surface area contributed by atoms with E-state index in [2.05, 4.69) is 42.8 Å². The normalized spacial score (nSPS) is 17.2. The van der Waals surface area contributed by atoms with E-state index >= 15 is 0 Å². The predicted molar refractivity (Wildman–Crippen MR) is 58.7 cm³/mol. The first kappa shape index (κ1) is 8.70. The van der Waals surface area contributed by atoms with Crippen LogP contribution in [0.15, 0.2) is 29.2 Å². The van der Waals surface area contributed by atoms with Crippen molar-refractivity contribution in [1.82, 2.24) is 5.32 Å². The Balaban J connectivity index is 2.49. The number of hydrogen-bond donors (Lipinski definition) is 1. The summed E-state index contributed by atoms with van der Waals surface area (Å²) in [6, 6.07) is 6.66. The molecule has 1 aromatic rings. The maximum absolute atomic E-state index is 3.37. The number of fused-ring (bicyclic) bond motifs is 1. The van der Waals surface area contributed by atoms with Crippen LogP contribution in [0.1, 0.15) is 18.1 Å². The van der Waals surface area contributed by atoms with Gasteiger partial charge in [0.25, 0.3) is 0 Å². The van der Waals surface area contributed by atoms with Gasteiger partial charge in [0.05, 0.1) is 0 Å². The van der Waals surface area contributed by atoms with Gasteiger partial charge in [-0.05, 0) is 30.9 Å². The molecule has 0 amide bonds. The minimum absolute atomic E-state index is 0.976. The van der Waals surface area contributed by atoms with Gasteiger partial charge in [-0.2, -0.15) is 0 Å². The number of thioether (sulfide) groups is 1. The summed E-state index contributed by atoms with van der Waals surface area (Å²) in [6.45, 7) is 3.05.